The van der Waals surface area contributed by atoms with Gasteiger partial charge >= 0.3 is 0 Å². The molecule has 140 valence electrons. The van der Waals surface area contributed by atoms with E-state index >= 15 is 0 Å². The highest BCUT2D eigenvalue weighted by molar-refractivity contribution is 8.00. The normalized spacial score (nSPS) is 16.7. The highest BCUT2D eigenvalue weighted by atomic mass is 35.5. The van der Waals surface area contributed by atoms with Gasteiger partial charge in [-0.3, -0.25) is 4.79 Å². The zero-order valence-corrected chi connectivity index (χ0v) is 16.9. The Morgan fingerprint density at radius 3 is 2.58 bits per heavy atom. The molecule has 1 saturated heterocycles. The molecule has 0 spiro atoms. The summed E-state index contributed by atoms with van der Waals surface area (Å²) in [6.45, 7) is 8.60. The number of carbonyl (C=O) groups is 1. The minimum absolute atomic E-state index is 0.160. The number of hydrogen-bond acceptors (Lipinski definition) is 5. The quantitative estimate of drug-likeness (QED) is 0.731. The van der Waals surface area contributed by atoms with E-state index in [-0.39, 0.29) is 11.2 Å². The molecule has 0 unspecified atom stereocenters. The van der Waals surface area contributed by atoms with Crippen LogP contribution in [0.25, 0.3) is 11.4 Å². The van der Waals surface area contributed by atoms with Crippen molar-refractivity contribution in [2.45, 2.75) is 24.3 Å². The number of likely N-dealkylation sites (N-methyl/N-ethyl adjacent to an activating group) is 1. The fourth-order valence-electron chi connectivity index (χ4n) is 3.04. The van der Waals surface area contributed by atoms with Crippen LogP contribution in [0.15, 0.2) is 29.4 Å². The van der Waals surface area contributed by atoms with Crippen molar-refractivity contribution < 1.29 is 4.79 Å². The molecule has 0 aliphatic carbocycles. The van der Waals surface area contributed by atoms with Crippen molar-refractivity contribution in [2.24, 2.45) is 7.05 Å². The molecule has 1 aliphatic heterocycles. The van der Waals surface area contributed by atoms with Crippen molar-refractivity contribution in [3.05, 3.63) is 29.3 Å². The van der Waals surface area contributed by atoms with Crippen LogP contribution in [0.3, 0.4) is 0 Å². The van der Waals surface area contributed by atoms with Crippen LogP contribution in [0.5, 0.6) is 0 Å². The van der Waals surface area contributed by atoms with Gasteiger partial charge in [0.2, 0.25) is 5.91 Å². The molecule has 0 saturated carbocycles. The smallest absolute Gasteiger partial charge is 0.235 e. The lowest BCUT2D eigenvalue weighted by atomic mass is 10.2. The van der Waals surface area contributed by atoms with E-state index in [4.69, 9.17) is 11.6 Å². The van der Waals surface area contributed by atoms with Crippen molar-refractivity contribution in [1.29, 1.82) is 0 Å². The van der Waals surface area contributed by atoms with E-state index in [1.54, 1.807) is 0 Å². The van der Waals surface area contributed by atoms with Gasteiger partial charge in [0, 0.05) is 38.8 Å². The summed E-state index contributed by atoms with van der Waals surface area (Å²) >= 11 is 7.71. The van der Waals surface area contributed by atoms with Gasteiger partial charge in [0.15, 0.2) is 11.0 Å². The van der Waals surface area contributed by atoms with Gasteiger partial charge in [-0.2, -0.15) is 0 Å². The molecule has 0 bridgehead atoms. The molecule has 2 heterocycles. The van der Waals surface area contributed by atoms with Crippen molar-refractivity contribution >= 4 is 29.3 Å². The van der Waals surface area contributed by atoms with Gasteiger partial charge in [0.05, 0.1) is 10.3 Å². The van der Waals surface area contributed by atoms with Crippen LogP contribution in [-0.4, -0.2) is 68.4 Å². The van der Waals surface area contributed by atoms with E-state index in [1.165, 1.54) is 11.8 Å². The lowest BCUT2D eigenvalue weighted by Crippen LogP contribution is -2.50. The molecule has 3 rings (SSSR count). The maximum Gasteiger partial charge on any atom is 0.235 e. The van der Waals surface area contributed by atoms with E-state index in [2.05, 4.69) is 22.0 Å². The number of aromatic nitrogens is 3. The number of thioether (sulfide) groups is 1. The molecule has 0 radical (unpaired) electrons. The number of amides is 1. The van der Waals surface area contributed by atoms with Crippen LogP contribution in [0.2, 0.25) is 5.02 Å². The number of halogens is 1. The zero-order chi connectivity index (χ0) is 18.7. The van der Waals surface area contributed by atoms with Crippen LogP contribution < -0.4 is 0 Å². The molecule has 2 aromatic rings. The van der Waals surface area contributed by atoms with E-state index in [9.17, 15) is 4.79 Å². The van der Waals surface area contributed by atoms with Crippen LogP contribution >= 0.6 is 23.4 Å². The molecule has 1 fully saturated rings. The summed E-state index contributed by atoms with van der Waals surface area (Å²) in [6.07, 6.45) is 0. The number of benzene rings is 1. The van der Waals surface area contributed by atoms with Gasteiger partial charge in [0.25, 0.3) is 0 Å². The molecular formula is C18H24ClN5OS. The van der Waals surface area contributed by atoms with Crippen molar-refractivity contribution in [3.63, 3.8) is 0 Å². The van der Waals surface area contributed by atoms with Crippen molar-refractivity contribution in [3.8, 4) is 11.4 Å². The Hall–Kier alpha value is -1.57. The molecule has 1 aromatic heterocycles. The summed E-state index contributed by atoms with van der Waals surface area (Å²) in [6, 6.07) is 7.56. The Morgan fingerprint density at radius 2 is 1.92 bits per heavy atom. The lowest BCUT2D eigenvalue weighted by Gasteiger charge is -2.35. The Morgan fingerprint density at radius 1 is 1.23 bits per heavy atom. The maximum atomic E-state index is 12.7. The summed E-state index contributed by atoms with van der Waals surface area (Å²) in [4.78, 5) is 17.1. The molecular weight excluding hydrogens is 370 g/mol. The first-order chi connectivity index (χ1) is 12.5. The Balaban J connectivity index is 1.68. The minimum Gasteiger partial charge on any atom is -0.339 e. The van der Waals surface area contributed by atoms with Crippen LogP contribution in [0.1, 0.15) is 13.8 Å². The van der Waals surface area contributed by atoms with Gasteiger partial charge in [-0.15, -0.1) is 10.2 Å². The molecule has 26 heavy (non-hydrogen) atoms. The second-order valence-electron chi connectivity index (χ2n) is 6.36. The summed E-state index contributed by atoms with van der Waals surface area (Å²) < 4.78 is 1.89. The Bertz CT molecular complexity index is 773. The third-order valence-electron chi connectivity index (χ3n) is 4.71. The van der Waals surface area contributed by atoms with Crippen molar-refractivity contribution in [2.75, 3.05) is 32.7 Å². The largest absolute Gasteiger partial charge is 0.339 e. The third kappa shape index (κ3) is 4.05. The van der Waals surface area contributed by atoms with E-state index < -0.39 is 0 Å². The Labute approximate surface area is 163 Å². The minimum atomic E-state index is -0.204. The van der Waals surface area contributed by atoms with Gasteiger partial charge in [-0.05, 0) is 25.6 Å². The lowest BCUT2D eigenvalue weighted by molar-refractivity contribution is -0.132. The molecule has 6 nitrogen and oxygen atoms in total. The SMILES string of the molecule is CCN1CCN(C(=O)[C@H](C)Sc2nnc(-c3ccccc3Cl)n2C)CC1. The fraction of sp³-hybridized carbons (Fsp3) is 0.500. The maximum absolute atomic E-state index is 12.7. The Kier molecular flexibility index (Phi) is 6.21. The molecule has 0 N–H and O–H groups in total. The average Bonchev–Trinajstić information content (AvgIpc) is 3.02. The summed E-state index contributed by atoms with van der Waals surface area (Å²) in [5.74, 6) is 0.863. The van der Waals surface area contributed by atoms with Crippen molar-refractivity contribution in [1.82, 2.24) is 24.6 Å². The monoisotopic (exact) mass is 393 g/mol. The zero-order valence-electron chi connectivity index (χ0n) is 15.4. The highest BCUT2D eigenvalue weighted by Gasteiger charge is 2.26. The first-order valence-corrected chi connectivity index (χ1v) is 10.1. The van der Waals surface area contributed by atoms with Gasteiger partial charge in [-0.25, -0.2) is 0 Å². The van der Waals surface area contributed by atoms with E-state index in [0.717, 1.165) is 38.3 Å². The third-order valence-corrected chi connectivity index (χ3v) is 6.16. The second-order valence-corrected chi connectivity index (χ2v) is 8.08. The molecule has 1 amide bonds. The standard InChI is InChI=1S/C18H24ClN5OS/c1-4-23-9-11-24(12-10-23)17(25)13(2)26-18-21-20-16(22(18)3)14-7-5-6-8-15(14)19/h5-8,13H,4,9-12H2,1-3H3/t13-/m0/s1. The van der Waals surface area contributed by atoms with Gasteiger partial charge < -0.3 is 14.4 Å². The average molecular weight is 394 g/mol. The van der Waals surface area contributed by atoms with Gasteiger partial charge in [-0.1, -0.05) is 42.4 Å². The summed E-state index contributed by atoms with van der Waals surface area (Å²) in [5, 5.41) is 9.68. The number of piperazine rings is 1. The molecule has 8 heteroatoms. The topological polar surface area (TPSA) is 54.3 Å². The first kappa shape index (κ1) is 19.2. The predicted octanol–water partition coefficient (Wildman–Crippen LogP) is 2.78. The second kappa shape index (κ2) is 8.41. The number of carbonyl (C=O) groups excluding carboxylic acids is 1. The van der Waals surface area contributed by atoms with Crippen LogP contribution in [0.4, 0.5) is 0 Å². The predicted molar refractivity (Wildman–Crippen MR) is 105 cm³/mol. The first-order valence-electron chi connectivity index (χ1n) is 8.83. The number of rotatable bonds is 5. The highest BCUT2D eigenvalue weighted by Crippen LogP contribution is 2.30. The number of nitrogens with zero attached hydrogens (tertiary/aromatic N) is 5. The summed E-state index contributed by atoms with van der Waals surface area (Å²) in [7, 11) is 1.90. The van der Waals surface area contributed by atoms with E-state index in [0.29, 0.717) is 16.0 Å². The molecule has 1 aliphatic rings. The van der Waals surface area contributed by atoms with Gasteiger partial charge in [0.1, 0.15) is 0 Å². The van der Waals surface area contributed by atoms with E-state index in [1.807, 2.05) is 47.7 Å². The van der Waals surface area contributed by atoms with Crippen LogP contribution in [-0.2, 0) is 11.8 Å². The van der Waals surface area contributed by atoms with Crippen LogP contribution in [0, 0.1) is 0 Å². The molecule has 1 aromatic carbocycles. The summed E-state index contributed by atoms with van der Waals surface area (Å²) in [5.41, 5.74) is 0.839. The molecule has 1 atom stereocenters. The fourth-order valence-corrected chi connectivity index (χ4v) is 4.16. The number of hydrogen-bond donors (Lipinski definition) is 0.